The number of halogens is 6. The molecule has 0 fully saturated rings. The summed E-state index contributed by atoms with van der Waals surface area (Å²) in [6, 6.07) is 0. The molecule has 0 heterocycles. The van der Waals surface area contributed by atoms with Crippen molar-refractivity contribution in [3.8, 4) is 0 Å². The number of sulfonamides is 1. The number of hydrogen-bond acceptors (Lipinski definition) is 3. The van der Waals surface area contributed by atoms with Gasteiger partial charge in [-0.05, 0) is 0 Å². The molecule has 13 heteroatoms. The largest absolute Gasteiger partial charge is 0.519 e. The third-order valence-corrected chi connectivity index (χ3v) is 5.08. The molecule has 0 spiro atoms. The molecule has 0 aliphatic heterocycles. The Hall–Kier alpha value is -0.560. The van der Waals surface area contributed by atoms with E-state index >= 15 is 0 Å². The number of hydrogen-bond donors (Lipinski definition) is 1. The Bertz CT molecular complexity index is 511. The Balaban J connectivity index is 5.89. The van der Waals surface area contributed by atoms with Crippen molar-refractivity contribution in [3.63, 3.8) is 0 Å². The van der Waals surface area contributed by atoms with E-state index in [4.69, 9.17) is 4.55 Å². The Labute approximate surface area is 98.2 Å². The van der Waals surface area contributed by atoms with Crippen molar-refractivity contribution < 1.29 is 43.5 Å². The molecule has 2 atom stereocenters. The summed E-state index contributed by atoms with van der Waals surface area (Å²) in [4.78, 5) is 0. The van der Waals surface area contributed by atoms with Gasteiger partial charge in [-0.2, -0.15) is 21.6 Å². The SMILES string of the molecule is CC(F)(F)C(CF)S(=O)(O)=NS(=O)(=O)C(F)(F)F. The maximum Gasteiger partial charge on any atom is 0.519 e. The minimum absolute atomic E-state index is 0.0527. The Kier molecular flexibility index (Phi) is 4.69. The Morgan fingerprint density at radius 1 is 1.17 bits per heavy atom. The minimum Gasteiger partial charge on any atom is -0.299 e. The fourth-order valence-corrected chi connectivity index (χ4v) is 3.30. The molecule has 0 rings (SSSR count). The first kappa shape index (κ1) is 17.4. The highest BCUT2D eigenvalue weighted by Crippen LogP contribution is 2.30. The van der Waals surface area contributed by atoms with Crippen molar-refractivity contribution in [3.05, 3.63) is 0 Å². The third-order valence-electron chi connectivity index (χ3n) is 1.57. The van der Waals surface area contributed by atoms with Gasteiger partial charge in [0.2, 0.25) is 0 Å². The number of alkyl halides is 6. The Morgan fingerprint density at radius 2 is 1.56 bits per heavy atom. The van der Waals surface area contributed by atoms with E-state index in [0.29, 0.717) is 0 Å². The molecule has 0 aromatic heterocycles. The van der Waals surface area contributed by atoms with Gasteiger partial charge in [-0.3, -0.25) is 4.55 Å². The monoisotopic (exact) mass is 323 g/mol. The molecule has 0 saturated heterocycles. The maximum atomic E-state index is 12.6. The molecule has 0 saturated carbocycles. The van der Waals surface area contributed by atoms with Gasteiger partial charge in [-0.15, -0.1) is 0 Å². The van der Waals surface area contributed by atoms with E-state index in [0.717, 1.165) is 0 Å². The van der Waals surface area contributed by atoms with Crippen LogP contribution >= 0.6 is 0 Å². The summed E-state index contributed by atoms with van der Waals surface area (Å²) in [5.41, 5.74) is -6.04. The predicted octanol–water partition coefficient (Wildman–Crippen LogP) is 1.77. The average Bonchev–Trinajstić information content (AvgIpc) is 1.95. The van der Waals surface area contributed by atoms with Gasteiger partial charge in [0, 0.05) is 6.92 Å². The van der Waals surface area contributed by atoms with Crippen LogP contribution in [0.25, 0.3) is 0 Å². The second-order valence-corrected chi connectivity index (χ2v) is 6.79. The van der Waals surface area contributed by atoms with Crippen LogP contribution in [0.5, 0.6) is 0 Å². The highest BCUT2D eigenvalue weighted by atomic mass is 32.3. The molecule has 5 nitrogen and oxygen atoms in total. The number of nitrogens with zero attached hydrogens (tertiary/aromatic N) is 1. The van der Waals surface area contributed by atoms with E-state index in [1.165, 1.54) is 3.77 Å². The van der Waals surface area contributed by atoms with Crippen molar-refractivity contribution in [1.82, 2.24) is 0 Å². The molecule has 1 N–H and O–H groups in total. The summed E-state index contributed by atoms with van der Waals surface area (Å²) < 4.78 is 115. The molecule has 0 aromatic rings. The normalized spacial score (nSPS) is 19.1. The second-order valence-electron chi connectivity index (χ2n) is 3.13. The number of rotatable bonds is 4. The van der Waals surface area contributed by atoms with Crippen LogP contribution in [0.1, 0.15) is 6.92 Å². The van der Waals surface area contributed by atoms with Crippen molar-refractivity contribution >= 4 is 20.0 Å². The highest BCUT2D eigenvalue weighted by Gasteiger charge is 2.50. The van der Waals surface area contributed by atoms with Crippen LogP contribution in [-0.2, 0) is 20.0 Å². The van der Waals surface area contributed by atoms with Crippen LogP contribution in [0.2, 0.25) is 0 Å². The van der Waals surface area contributed by atoms with Crippen LogP contribution in [-0.4, -0.2) is 40.5 Å². The summed E-state index contributed by atoms with van der Waals surface area (Å²) in [6.07, 6.45) is 0. The summed E-state index contributed by atoms with van der Waals surface area (Å²) >= 11 is 0. The van der Waals surface area contributed by atoms with Crippen LogP contribution in [0.4, 0.5) is 26.3 Å². The van der Waals surface area contributed by atoms with Gasteiger partial charge in [0.25, 0.3) is 5.92 Å². The van der Waals surface area contributed by atoms with E-state index < -0.39 is 43.4 Å². The first-order chi connectivity index (χ1) is 7.65. The molecule has 0 aliphatic rings. The quantitative estimate of drug-likeness (QED) is 0.799. The molecule has 0 bridgehead atoms. The standard InChI is InChI=1S/C5H7F6NO4S2/c1-4(7,8)3(2-6)17(13,14)12-18(15,16)5(9,10)11/h3H,2H2,1H3,(H,12,13,14). The summed E-state index contributed by atoms with van der Waals surface area (Å²) in [5.74, 6) is -4.23. The molecular weight excluding hydrogens is 316 g/mol. The van der Waals surface area contributed by atoms with E-state index in [1.807, 2.05) is 0 Å². The zero-order valence-electron chi connectivity index (χ0n) is 8.49. The van der Waals surface area contributed by atoms with Crippen LogP contribution < -0.4 is 0 Å². The fraction of sp³-hybridized carbons (Fsp3) is 1.00. The zero-order valence-corrected chi connectivity index (χ0v) is 10.1. The first-order valence-electron chi connectivity index (χ1n) is 3.90. The van der Waals surface area contributed by atoms with Crippen LogP contribution in [0.15, 0.2) is 3.77 Å². The summed E-state index contributed by atoms with van der Waals surface area (Å²) in [6.45, 7) is -2.28. The van der Waals surface area contributed by atoms with Crippen molar-refractivity contribution in [2.24, 2.45) is 3.77 Å². The van der Waals surface area contributed by atoms with E-state index in [-0.39, 0.29) is 6.92 Å². The fourth-order valence-electron chi connectivity index (χ4n) is 0.722. The van der Waals surface area contributed by atoms with Crippen LogP contribution in [0.3, 0.4) is 0 Å². The van der Waals surface area contributed by atoms with E-state index in [2.05, 4.69) is 0 Å². The van der Waals surface area contributed by atoms with E-state index in [9.17, 15) is 39.0 Å². The minimum atomic E-state index is -6.47. The lowest BCUT2D eigenvalue weighted by atomic mass is 10.3. The molecule has 0 amide bonds. The molecule has 0 aromatic carbocycles. The maximum absolute atomic E-state index is 12.6. The van der Waals surface area contributed by atoms with Gasteiger partial charge in [-0.1, -0.05) is 3.77 Å². The lowest BCUT2D eigenvalue weighted by Crippen LogP contribution is -2.40. The van der Waals surface area contributed by atoms with Gasteiger partial charge in [-0.25, -0.2) is 17.4 Å². The molecule has 2 unspecified atom stereocenters. The second kappa shape index (κ2) is 4.85. The smallest absolute Gasteiger partial charge is 0.299 e. The molecule has 110 valence electrons. The van der Waals surface area contributed by atoms with E-state index in [1.54, 1.807) is 0 Å². The molecule has 0 radical (unpaired) electrons. The first-order valence-corrected chi connectivity index (χ1v) is 6.87. The highest BCUT2D eigenvalue weighted by molar-refractivity contribution is 8.01. The Morgan fingerprint density at radius 3 is 1.78 bits per heavy atom. The molecule has 18 heavy (non-hydrogen) atoms. The lowest BCUT2D eigenvalue weighted by Gasteiger charge is -2.20. The van der Waals surface area contributed by atoms with Gasteiger partial charge >= 0.3 is 15.5 Å². The van der Waals surface area contributed by atoms with Crippen LogP contribution in [0, 0.1) is 0 Å². The molecular formula is C5H7F6NO4S2. The van der Waals surface area contributed by atoms with Crippen molar-refractivity contribution in [1.29, 1.82) is 0 Å². The third kappa shape index (κ3) is 3.98. The molecule has 0 aliphatic carbocycles. The van der Waals surface area contributed by atoms with Gasteiger partial charge in [0.1, 0.15) is 6.67 Å². The van der Waals surface area contributed by atoms with Gasteiger partial charge in [0.05, 0.1) is 0 Å². The predicted molar refractivity (Wildman–Crippen MR) is 48.6 cm³/mol. The van der Waals surface area contributed by atoms with Crippen molar-refractivity contribution in [2.75, 3.05) is 6.67 Å². The van der Waals surface area contributed by atoms with Gasteiger partial charge < -0.3 is 0 Å². The zero-order chi connectivity index (χ0) is 15.0. The summed E-state index contributed by atoms with van der Waals surface area (Å²) in [5, 5.41) is -3.19. The van der Waals surface area contributed by atoms with Crippen molar-refractivity contribution in [2.45, 2.75) is 23.6 Å². The topological polar surface area (TPSA) is 83.8 Å². The summed E-state index contributed by atoms with van der Waals surface area (Å²) in [7, 11) is -12.1. The lowest BCUT2D eigenvalue weighted by molar-refractivity contribution is -0.0435. The van der Waals surface area contributed by atoms with Gasteiger partial charge in [0.15, 0.2) is 15.3 Å². The average molecular weight is 323 g/mol.